The number of halogens is 1. The van der Waals surface area contributed by atoms with Crippen molar-refractivity contribution in [1.82, 2.24) is 30.0 Å². The van der Waals surface area contributed by atoms with E-state index in [-0.39, 0.29) is 17.8 Å². The van der Waals surface area contributed by atoms with Crippen molar-refractivity contribution in [2.75, 3.05) is 0 Å². The van der Waals surface area contributed by atoms with Crippen molar-refractivity contribution in [3.8, 4) is 11.4 Å². The summed E-state index contributed by atoms with van der Waals surface area (Å²) in [6.45, 7) is 5.23. The van der Waals surface area contributed by atoms with Gasteiger partial charge in [0.2, 0.25) is 0 Å². The SMILES string of the molecule is C[C@@H](CC(C)(C)O)NC(=O)c1c[nH]c2ncc(-c3nn(C)c4cc(F)ccc34)nc12. The molecule has 0 aliphatic heterocycles. The number of nitrogens with one attached hydrogen (secondary N) is 2. The third-order valence-electron chi connectivity index (χ3n) is 4.86. The van der Waals surface area contributed by atoms with Crippen molar-refractivity contribution in [2.24, 2.45) is 7.05 Å². The van der Waals surface area contributed by atoms with E-state index in [0.29, 0.717) is 40.1 Å². The standard InChI is InChI=1S/C21H23FN6O2/c1-11(8-21(2,3)30)25-20(29)14-9-23-19-18(14)26-15(10-24-19)17-13-6-5-12(22)7-16(13)28(4)27-17/h5-7,9-11,30H,8H2,1-4H3,(H,23,24)(H,25,29)/t11-/m0/s1. The number of amides is 1. The average Bonchev–Trinajstić information content (AvgIpc) is 3.21. The number of carbonyl (C=O) groups is 1. The molecule has 0 saturated carbocycles. The van der Waals surface area contributed by atoms with Crippen molar-refractivity contribution in [3.63, 3.8) is 0 Å². The molecule has 0 aliphatic rings. The van der Waals surface area contributed by atoms with Gasteiger partial charge >= 0.3 is 0 Å². The van der Waals surface area contributed by atoms with Crippen LogP contribution in [-0.2, 0) is 7.05 Å². The quantitative estimate of drug-likeness (QED) is 0.469. The lowest BCUT2D eigenvalue weighted by molar-refractivity contribution is 0.0593. The summed E-state index contributed by atoms with van der Waals surface area (Å²) in [5, 5.41) is 18.0. The first-order valence-electron chi connectivity index (χ1n) is 9.62. The summed E-state index contributed by atoms with van der Waals surface area (Å²) in [7, 11) is 1.73. The van der Waals surface area contributed by atoms with Gasteiger partial charge in [0.15, 0.2) is 5.65 Å². The van der Waals surface area contributed by atoms with Crippen molar-refractivity contribution in [3.05, 3.63) is 42.0 Å². The van der Waals surface area contributed by atoms with Crippen LogP contribution < -0.4 is 5.32 Å². The first-order valence-corrected chi connectivity index (χ1v) is 9.62. The third kappa shape index (κ3) is 3.76. The molecule has 0 aliphatic carbocycles. The molecule has 1 amide bonds. The number of hydrogen-bond donors (Lipinski definition) is 3. The molecule has 0 unspecified atom stereocenters. The van der Waals surface area contributed by atoms with Crippen molar-refractivity contribution in [1.29, 1.82) is 0 Å². The van der Waals surface area contributed by atoms with E-state index in [4.69, 9.17) is 0 Å². The number of aryl methyl sites for hydroxylation is 1. The Kier molecular flexibility index (Phi) is 4.77. The Hall–Kier alpha value is -3.33. The van der Waals surface area contributed by atoms with Crippen LogP contribution in [0.25, 0.3) is 33.5 Å². The van der Waals surface area contributed by atoms with E-state index in [9.17, 15) is 14.3 Å². The Morgan fingerprint density at radius 3 is 2.90 bits per heavy atom. The van der Waals surface area contributed by atoms with Crippen LogP contribution in [0.4, 0.5) is 4.39 Å². The van der Waals surface area contributed by atoms with E-state index < -0.39 is 5.60 Å². The maximum atomic E-state index is 13.6. The molecule has 3 N–H and O–H groups in total. The lowest BCUT2D eigenvalue weighted by Gasteiger charge is -2.22. The van der Waals surface area contributed by atoms with Crippen LogP contribution in [-0.4, -0.2) is 47.4 Å². The maximum absolute atomic E-state index is 13.6. The predicted octanol–water partition coefficient (Wildman–Crippen LogP) is 2.93. The zero-order chi connectivity index (χ0) is 21.6. The predicted molar refractivity (Wildman–Crippen MR) is 111 cm³/mol. The molecule has 1 atom stereocenters. The number of H-pyrrole nitrogens is 1. The number of aromatic amines is 1. The molecule has 4 rings (SSSR count). The summed E-state index contributed by atoms with van der Waals surface area (Å²) in [6.07, 6.45) is 3.55. The van der Waals surface area contributed by atoms with Gasteiger partial charge in [-0.2, -0.15) is 5.10 Å². The van der Waals surface area contributed by atoms with Gasteiger partial charge in [-0.05, 0) is 45.4 Å². The van der Waals surface area contributed by atoms with Crippen LogP contribution in [0.15, 0.2) is 30.6 Å². The fourth-order valence-corrected chi connectivity index (χ4v) is 3.70. The molecule has 0 radical (unpaired) electrons. The van der Waals surface area contributed by atoms with Crippen LogP contribution in [0.5, 0.6) is 0 Å². The molecule has 30 heavy (non-hydrogen) atoms. The highest BCUT2D eigenvalue weighted by Crippen LogP contribution is 2.28. The van der Waals surface area contributed by atoms with Crippen LogP contribution in [0.2, 0.25) is 0 Å². The highest BCUT2D eigenvalue weighted by atomic mass is 19.1. The van der Waals surface area contributed by atoms with Gasteiger partial charge in [-0.3, -0.25) is 9.48 Å². The number of carbonyl (C=O) groups excluding carboxylic acids is 1. The summed E-state index contributed by atoms with van der Waals surface area (Å²) < 4.78 is 15.2. The minimum atomic E-state index is -0.889. The fourth-order valence-electron chi connectivity index (χ4n) is 3.70. The first kappa shape index (κ1) is 20.0. The molecule has 3 heterocycles. The van der Waals surface area contributed by atoms with E-state index >= 15 is 0 Å². The Morgan fingerprint density at radius 1 is 1.40 bits per heavy atom. The molecule has 9 heteroatoms. The molecule has 156 valence electrons. The van der Waals surface area contributed by atoms with Gasteiger partial charge in [0.1, 0.15) is 22.7 Å². The number of nitrogens with zero attached hydrogens (tertiary/aromatic N) is 4. The van der Waals surface area contributed by atoms with Gasteiger partial charge in [0.05, 0.1) is 22.9 Å². The summed E-state index contributed by atoms with van der Waals surface area (Å²) in [5.74, 6) is -0.652. The molecular weight excluding hydrogens is 387 g/mol. The van der Waals surface area contributed by atoms with Gasteiger partial charge in [-0.1, -0.05) is 0 Å². The van der Waals surface area contributed by atoms with Gasteiger partial charge < -0.3 is 15.4 Å². The molecule has 0 saturated heterocycles. The highest BCUT2D eigenvalue weighted by molar-refractivity contribution is 6.05. The van der Waals surface area contributed by atoms with Gasteiger partial charge in [-0.15, -0.1) is 0 Å². The van der Waals surface area contributed by atoms with E-state index in [1.54, 1.807) is 44.0 Å². The molecule has 8 nitrogen and oxygen atoms in total. The second kappa shape index (κ2) is 7.17. The summed E-state index contributed by atoms with van der Waals surface area (Å²) in [4.78, 5) is 24.7. The van der Waals surface area contributed by atoms with Gasteiger partial charge in [0, 0.05) is 24.7 Å². The lowest BCUT2D eigenvalue weighted by atomic mass is 10.00. The number of aromatic nitrogens is 5. The van der Waals surface area contributed by atoms with E-state index in [2.05, 4.69) is 25.4 Å². The largest absolute Gasteiger partial charge is 0.390 e. The van der Waals surface area contributed by atoms with E-state index in [1.807, 2.05) is 6.92 Å². The minimum Gasteiger partial charge on any atom is -0.390 e. The van der Waals surface area contributed by atoms with Crippen LogP contribution >= 0.6 is 0 Å². The smallest absolute Gasteiger partial charge is 0.255 e. The molecule has 1 aromatic carbocycles. The Labute approximate surface area is 172 Å². The second-order valence-corrected chi connectivity index (χ2v) is 8.18. The first-order chi connectivity index (χ1) is 14.1. The minimum absolute atomic E-state index is 0.228. The highest BCUT2D eigenvalue weighted by Gasteiger charge is 2.22. The molecule has 3 aromatic heterocycles. The Morgan fingerprint density at radius 2 is 2.17 bits per heavy atom. The molecule has 0 spiro atoms. The number of rotatable bonds is 5. The molecular formula is C21H23FN6O2. The Bertz CT molecular complexity index is 1250. The zero-order valence-corrected chi connectivity index (χ0v) is 17.2. The average molecular weight is 410 g/mol. The monoisotopic (exact) mass is 410 g/mol. The summed E-state index contributed by atoms with van der Waals surface area (Å²) >= 11 is 0. The van der Waals surface area contributed by atoms with Crippen LogP contribution in [0, 0.1) is 5.82 Å². The van der Waals surface area contributed by atoms with Crippen LogP contribution in [0.3, 0.4) is 0 Å². The molecule has 0 bridgehead atoms. The van der Waals surface area contributed by atoms with E-state index in [1.165, 1.54) is 12.1 Å². The second-order valence-electron chi connectivity index (χ2n) is 8.18. The van der Waals surface area contributed by atoms with Gasteiger partial charge in [-0.25, -0.2) is 14.4 Å². The number of hydrogen-bond acceptors (Lipinski definition) is 5. The summed E-state index contributed by atoms with van der Waals surface area (Å²) in [5.41, 5.74) is 2.04. The van der Waals surface area contributed by atoms with Crippen molar-refractivity contribution in [2.45, 2.75) is 38.8 Å². The van der Waals surface area contributed by atoms with E-state index in [0.717, 1.165) is 5.39 Å². The molecule has 0 fully saturated rings. The zero-order valence-electron chi connectivity index (χ0n) is 17.2. The molecule has 4 aromatic rings. The van der Waals surface area contributed by atoms with Crippen molar-refractivity contribution >= 4 is 28.0 Å². The topological polar surface area (TPSA) is 109 Å². The number of benzene rings is 1. The normalized spacial score (nSPS) is 13.1. The van der Waals surface area contributed by atoms with Crippen LogP contribution in [0.1, 0.15) is 37.6 Å². The third-order valence-corrected chi connectivity index (χ3v) is 4.86. The maximum Gasteiger partial charge on any atom is 0.255 e. The fraction of sp³-hybridized carbons (Fsp3) is 0.333. The van der Waals surface area contributed by atoms with Crippen molar-refractivity contribution < 1.29 is 14.3 Å². The van der Waals surface area contributed by atoms with Gasteiger partial charge in [0.25, 0.3) is 5.91 Å². The number of aliphatic hydroxyl groups is 1. The number of fused-ring (bicyclic) bond motifs is 2. The lowest BCUT2D eigenvalue weighted by Crippen LogP contribution is -2.38. The Balaban J connectivity index is 1.71. The summed E-state index contributed by atoms with van der Waals surface area (Å²) in [6, 6.07) is 4.21.